The van der Waals surface area contributed by atoms with E-state index in [-0.39, 0.29) is 11.7 Å². The summed E-state index contributed by atoms with van der Waals surface area (Å²) in [6, 6.07) is 4.42. The fourth-order valence-electron chi connectivity index (χ4n) is 1.81. The summed E-state index contributed by atoms with van der Waals surface area (Å²) in [5, 5.41) is 9.77. The second-order valence-corrected chi connectivity index (χ2v) is 4.43. The largest absolute Gasteiger partial charge is 0.378 e. The average molecular weight is 276 g/mol. The molecule has 0 saturated heterocycles. The van der Waals surface area contributed by atoms with Gasteiger partial charge in [-0.05, 0) is 25.1 Å². The first-order valence-electron chi connectivity index (χ1n) is 6.41. The smallest absolute Gasteiger partial charge is 0.221 e. The van der Waals surface area contributed by atoms with E-state index in [1.807, 2.05) is 13.1 Å². The number of anilines is 2. The molecule has 1 heterocycles. The number of halogens is 1. The number of aryl methyl sites for hydroxylation is 1. The van der Waals surface area contributed by atoms with Crippen molar-refractivity contribution in [3.8, 4) is 0 Å². The molecule has 0 aliphatic rings. The first-order chi connectivity index (χ1) is 9.58. The van der Waals surface area contributed by atoms with Crippen molar-refractivity contribution in [1.82, 2.24) is 9.78 Å². The lowest BCUT2D eigenvalue weighted by molar-refractivity contribution is -0.114. The number of hydrogen-bond donors (Lipinski definition) is 2. The van der Waals surface area contributed by atoms with Gasteiger partial charge in [0.25, 0.3) is 0 Å². The Labute approximate surface area is 116 Å². The van der Waals surface area contributed by atoms with Gasteiger partial charge >= 0.3 is 0 Å². The molecule has 0 radical (unpaired) electrons. The lowest BCUT2D eigenvalue weighted by atomic mass is 10.2. The highest BCUT2D eigenvalue weighted by atomic mass is 19.1. The van der Waals surface area contributed by atoms with E-state index in [1.54, 1.807) is 16.9 Å². The summed E-state index contributed by atoms with van der Waals surface area (Å²) in [5.41, 5.74) is 1.88. The Hall–Kier alpha value is -2.37. The van der Waals surface area contributed by atoms with Crippen LogP contribution >= 0.6 is 0 Å². The Morgan fingerprint density at radius 3 is 2.90 bits per heavy atom. The molecule has 2 N–H and O–H groups in total. The van der Waals surface area contributed by atoms with Crippen molar-refractivity contribution in [3.63, 3.8) is 0 Å². The molecule has 1 aromatic carbocycles. The summed E-state index contributed by atoms with van der Waals surface area (Å²) in [6.07, 6.45) is 3.65. The van der Waals surface area contributed by atoms with Gasteiger partial charge in [0.1, 0.15) is 5.82 Å². The predicted molar refractivity (Wildman–Crippen MR) is 75.9 cm³/mol. The number of amides is 1. The molecule has 0 bridgehead atoms. The van der Waals surface area contributed by atoms with Crippen LogP contribution in [0.15, 0.2) is 30.6 Å². The average Bonchev–Trinajstić information content (AvgIpc) is 2.87. The Balaban J connectivity index is 2.06. The van der Waals surface area contributed by atoms with Crippen molar-refractivity contribution in [3.05, 3.63) is 42.0 Å². The van der Waals surface area contributed by atoms with E-state index < -0.39 is 0 Å². The second kappa shape index (κ2) is 6.18. The number of benzene rings is 1. The van der Waals surface area contributed by atoms with Crippen LogP contribution in [0.2, 0.25) is 0 Å². The summed E-state index contributed by atoms with van der Waals surface area (Å²) >= 11 is 0. The number of hydrogen-bond acceptors (Lipinski definition) is 3. The zero-order chi connectivity index (χ0) is 14.5. The van der Waals surface area contributed by atoms with Crippen molar-refractivity contribution in [2.45, 2.75) is 26.9 Å². The van der Waals surface area contributed by atoms with Crippen LogP contribution in [0.1, 0.15) is 19.4 Å². The number of carbonyl (C=O) groups excluding carboxylic acids is 1. The molecular formula is C14H17FN4O. The summed E-state index contributed by atoms with van der Waals surface area (Å²) < 4.78 is 15.5. The zero-order valence-corrected chi connectivity index (χ0v) is 11.5. The molecule has 6 heteroatoms. The number of carbonyl (C=O) groups is 1. The quantitative estimate of drug-likeness (QED) is 0.882. The van der Waals surface area contributed by atoms with Gasteiger partial charge in [0.15, 0.2) is 0 Å². The first kappa shape index (κ1) is 14.0. The fraction of sp³-hybridized carbons (Fsp3) is 0.286. The van der Waals surface area contributed by atoms with Crippen molar-refractivity contribution < 1.29 is 9.18 Å². The normalized spacial score (nSPS) is 10.3. The van der Waals surface area contributed by atoms with Crippen LogP contribution in [0, 0.1) is 5.82 Å². The molecule has 2 rings (SSSR count). The van der Waals surface area contributed by atoms with Gasteiger partial charge in [0.05, 0.1) is 11.9 Å². The van der Waals surface area contributed by atoms with Crippen LogP contribution in [0.5, 0.6) is 0 Å². The van der Waals surface area contributed by atoms with E-state index in [2.05, 4.69) is 15.7 Å². The van der Waals surface area contributed by atoms with E-state index in [9.17, 15) is 9.18 Å². The third-order valence-corrected chi connectivity index (χ3v) is 2.78. The van der Waals surface area contributed by atoms with Gasteiger partial charge in [0.2, 0.25) is 5.91 Å². The molecule has 0 saturated carbocycles. The van der Waals surface area contributed by atoms with Crippen molar-refractivity contribution in [2.24, 2.45) is 0 Å². The molecule has 0 aliphatic heterocycles. The van der Waals surface area contributed by atoms with Crippen LogP contribution < -0.4 is 10.6 Å². The molecule has 0 atom stereocenters. The highest BCUT2D eigenvalue weighted by molar-refractivity contribution is 5.89. The second-order valence-electron chi connectivity index (χ2n) is 4.43. The summed E-state index contributed by atoms with van der Waals surface area (Å²) in [6.45, 7) is 4.68. The van der Waals surface area contributed by atoms with Crippen LogP contribution in [-0.4, -0.2) is 15.7 Å². The van der Waals surface area contributed by atoms with Crippen LogP contribution in [0.3, 0.4) is 0 Å². The maximum absolute atomic E-state index is 13.7. The molecule has 0 fully saturated rings. The Morgan fingerprint density at radius 2 is 2.25 bits per heavy atom. The number of aromatic nitrogens is 2. The van der Waals surface area contributed by atoms with Gasteiger partial charge < -0.3 is 10.6 Å². The molecule has 20 heavy (non-hydrogen) atoms. The monoisotopic (exact) mass is 276 g/mol. The first-order valence-corrected chi connectivity index (χ1v) is 6.41. The summed E-state index contributed by atoms with van der Waals surface area (Å²) in [5.74, 6) is -0.547. The number of nitrogens with zero attached hydrogens (tertiary/aromatic N) is 2. The zero-order valence-electron chi connectivity index (χ0n) is 11.5. The van der Waals surface area contributed by atoms with Gasteiger partial charge in [0, 0.05) is 37.5 Å². The molecule has 106 valence electrons. The van der Waals surface area contributed by atoms with E-state index in [1.165, 1.54) is 19.1 Å². The predicted octanol–water partition coefficient (Wildman–Crippen LogP) is 2.61. The minimum atomic E-state index is -0.359. The van der Waals surface area contributed by atoms with Crippen molar-refractivity contribution in [2.75, 3.05) is 10.6 Å². The highest BCUT2D eigenvalue weighted by Gasteiger charge is 2.05. The number of rotatable bonds is 5. The standard InChI is InChI=1S/C14H17FN4O/c1-3-19-9-11(8-17-19)7-16-14-6-12(18-10(2)20)4-5-13(14)15/h4-6,8-9,16H,3,7H2,1-2H3,(H,18,20). The molecule has 1 aromatic heterocycles. The lowest BCUT2D eigenvalue weighted by Gasteiger charge is -2.09. The minimum absolute atomic E-state index is 0.188. The molecule has 0 aliphatic carbocycles. The van der Waals surface area contributed by atoms with Crippen molar-refractivity contribution in [1.29, 1.82) is 0 Å². The molecular weight excluding hydrogens is 259 g/mol. The minimum Gasteiger partial charge on any atom is -0.378 e. The summed E-state index contributed by atoms with van der Waals surface area (Å²) in [7, 11) is 0. The van der Waals surface area contributed by atoms with Gasteiger partial charge in [-0.3, -0.25) is 9.48 Å². The van der Waals surface area contributed by atoms with Gasteiger partial charge in [-0.15, -0.1) is 0 Å². The molecule has 0 unspecified atom stereocenters. The Morgan fingerprint density at radius 1 is 1.45 bits per heavy atom. The Bertz CT molecular complexity index is 609. The molecule has 2 aromatic rings. The topological polar surface area (TPSA) is 59.0 Å². The van der Waals surface area contributed by atoms with E-state index in [0.717, 1.165) is 12.1 Å². The maximum atomic E-state index is 13.7. The van der Waals surface area contributed by atoms with E-state index in [0.29, 0.717) is 17.9 Å². The number of nitrogens with one attached hydrogen (secondary N) is 2. The summed E-state index contributed by atoms with van der Waals surface area (Å²) in [4.78, 5) is 11.0. The fourth-order valence-corrected chi connectivity index (χ4v) is 1.81. The lowest BCUT2D eigenvalue weighted by Crippen LogP contribution is -2.07. The Kier molecular flexibility index (Phi) is 4.34. The third kappa shape index (κ3) is 3.57. The van der Waals surface area contributed by atoms with E-state index in [4.69, 9.17) is 0 Å². The van der Waals surface area contributed by atoms with Crippen LogP contribution in [0.4, 0.5) is 15.8 Å². The van der Waals surface area contributed by atoms with Gasteiger partial charge in [-0.1, -0.05) is 0 Å². The van der Waals surface area contributed by atoms with E-state index >= 15 is 0 Å². The molecule has 5 nitrogen and oxygen atoms in total. The third-order valence-electron chi connectivity index (χ3n) is 2.78. The molecule has 1 amide bonds. The van der Waals surface area contributed by atoms with Crippen LogP contribution in [0.25, 0.3) is 0 Å². The SMILES string of the molecule is CCn1cc(CNc2cc(NC(C)=O)ccc2F)cn1. The van der Waals surface area contributed by atoms with Crippen molar-refractivity contribution >= 4 is 17.3 Å². The van der Waals surface area contributed by atoms with Crippen LogP contribution in [-0.2, 0) is 17.9 Å². The van der Waals surface area contributed by atoms with Gasteiger partial charge in [-0.2, -0.15) is 5.10 Å². The maximum Gasteiger partial charge on any atom is 0.221 e. The van der Waals surface area contributed by atoms with Gasteiger partial charge in [-0.25, -0.2) is 4.39 Å². The molecule has 0 spiro atoms. The highest BCUT2D eigenvalue weighted by Crippen LogP contribution is 2.20.